The van der Waals surface area contributed by atoms with E-state index in [0.29, 0.717) is 12.2 Å². The first-order valence-corrected chi connectivity index (χ1v) is 6.33. The number of hydrogen-bond acceptors (Lipinski definition) is 3. The largest absolute Gasteiger partial charge is 0.497 e. The average molecular weight is 258 g/mol. The number of methoxy groups -OCH3 is 1. The van der Waals surface area contributed by atoms with Gasteiger partial charge in [0.15, 0.2) is 0 Å². The van der Waals surface area contributed by atoms with E-state index >= 15 is 0 Å². The molecule has 2 aromatic rings. The van der Waals surface area contributed by atoms with Crippen LogP contribution in [0.4, 0.5) is 0 Å². The van der Waals surface area contributed by atoms with Gasteiger partial charge in [-0.05, 0) is 36.8 Å². The minimum atomic E-state index is -0.505. The van der Waals surface area contributed by atoms with Gasteiger partial charge in [-0.15, -0.1) is 0 Å². The molecule has 0 unspecified atom stereocenters. The topological polar surface area (TPSA) is 38.7 Å². The number of ether oxygens (including phenoxy) is 2. The monoisotopic (exact) mass is 258 g/mol. The number of aliphatic hydroxyl groups is 1. The van der Waals surface area contributed by atoms with Crippen molar-refractivity contribution >= 4 is 0 Å². The second-order valence-corrected chi connectivity index (χ2v) is 4.24. The van der Waals surface area contributed by atoms with Crippen LogP contribution in [0.2, 0.25) is 0 Å². The zero-order chi connectivity index (χ0) is 13.7. The standard InChI is InChI=1S/C16H18O3/c1-3-15(17)14-6-4-5-7-16(14)19-13-10-8-12(18-2)9-11-13/h4-11,15,17H,3H2,1-2H3/t15-/m0/s1. The Kier molecular flexibility index (Phi) is 4.42. The molecule has 0 saturated carbocycles. The molecule has 19 heavy (non-hydrogen) atoms. The Hall–Kier alpha value is -2.00. The van der Waals surface area contributed by atoms with Crippen molar-refractivity contribution in [3.63, 3.8) is 0 Å². The minimum Gasteiger partial charge on any atom is -0.497 e. The first-order valence-electron chi connectivity index (χ1n) is 6.33. The summed E-state index contributed by atoms with van der Waals surface area (Å²) in [6.45, 7) is 1.94. The maximum Gasteiger partial charge on any atom is 0.133 e. The summed E-state index contributed by atoms with van der Waals surface area (Å²) < 4.78 is 10.9. The molecule has 0 amide bonds. The number of aliphatic hydroxyl groups excluding tert-OH is 1. The number of para-hydroxylation sites is 1. The van der Waals surface area contributed by atoms with Gasteiger partial charge in [0.25, 0.3) is 0 Å². The van der Waals surface area contributed by atoms with Crippen LogP contribution in [0, 0.1) is 0 Å². The van der Waals surface area contributed by atoms with Crippen molar-refractivity contribution in [2.45, 2.75) is 19.4 Å². The molecule has 0 bridgehead atoms. The molecule has 0 aliphatic rings. The molecule has 2 rings (SSSR count). The lowest BCUT2D eigenvalue weighted by molar-refractivity contribution is 0.170. The van der Waals surface area contributed by atoms with E-state index in [0.717, 1.165) is 17.1 Å². The van der Waals surface area contributed by atoms with Crippen LogP contribution in [-0.4, -0.2) is 12.2 Å². The van der Waals surface area contributed by atoms with Crippen molar-refractivity contribution in [1.82, 2.24) is 0 Å². The van der Waals surface area contributed by atoms with Gasteiger partial charge < -0.3 is 14.6 Å². The fourth-order valence-corrected chi connectivity index (χ4v) is 1.84. The van der Waals surface area contributed by atoms with E-state index in [1.807, 2.05) is 55.5 Å². The van der Waals surface area contributed by atoms with Crippen LogP contribution >= 0.6 is 0 Å². The third-order valence-electron chi connectivity index (χ3n) is 2.95. The van der Waals surface area contributed by atoms with Gasteiger partial charge in [-0.3, -0.25) is 0 Å². The summed E-state index contributed by atoms with van der Waals surface area (Å²) in [5, 5.41) is 9.97. The highest BCUT2D eigenvalue weighted by atomic mass is 16.5. The maximum absolute atomic E-state index is 9.97. The van der Waals surface area contributed by atoms with Gasteiger partial charge in [0, 0.05) is 5.56 Å². The summed E-state index contributed by atoms with van der Waals surface area (Å²) in [5.41, 5.74) is 0.806. The fraction of sp³-hybridized carbons (Fsp3) is 0.250. The molecule has 3 nitrogen and oxygen atoms in total. The third kappa shape index (κ3) is 3.26. The summed E-state index contributed by atoms with van der Waals surface area (Å²) in [6.07, 6.45) is 0.151. The second-order valence-electron chi connectivity index (χ2n) is 4.24. The predicted octanol–water partition coefficient (Wildman–Crippen LogP) is 3.93. The van der Waals surface area contributed by atoms with E-state index in [1.54, 1.807) is 7.11 Å². The lowest BCUT2D eigenvalue weighted by Crippen LogP contribution is -1.98. The van der Waals surface area contributed by atoms with E-state index in [1.165, 1.54) is 0 Å². The van der Waals surface area contributed by atoms with Gasteiger partial charge in [0.2, 0.25) is 0 Å². The summed E-state index contributed by atoms with van der Waals surface area (Å²) in [7, 11) is 1.63. The van der Waals surface area contributed by atoms with E-state index in [2.05, 4.69) is 0 Å². The number of benzene rings is 2. The van der Waals surface area contributed by atoms with Crippen LogP contribution in [0.5, 0.6) is 17.2 Å². The van der Waals surface area contributed by atoms with Crippen LogP contribution in [0.25, 0.3) is 0 Å². The van der Waals surface area contributed by atoms with Gasteiger partial charge in [0.05, 0.1) is 13.2 Å². The van der Waals surface area contributed by atoms with E-state index < -0.39 is 6.10 Å². The van der Waals surface area contributed by atoms with E-state index in [4.69, 9.17) is 9.47 Å². The minimum absolute atomic E-state index is 0.505. The van der Waals surface area contributed by atoms with Crippen LogP contribution < -0.4 is 9.47 Å². The molecule has 0 saturated heterocycles. The average Bonchev–Trinajstić information content (AvgIpc) is 2.48. The third-order valence-corrected chi connectivity index (χ3v) is 2.95. The van der Waals surface area contributed by atoms with Crippen molar-refractivity contribution in [2.24, 2.45) is 0 Å². The number of rotatable bonds is 5. The molecule has 0 radical (unpaired) electrons. The molecule has 2 aromatic carbocycles. The van der Waals surface area contributed by atoms with Crippen LogP contribution in [0.3, 0.4) is 0 Å². The highest BCUT2D eigenvalue weighted by Gasteiger charge is 2.11. The molecule has 1 N–H and O–H groups in total. The Morgan fingerprint density at radius 3 is 2.26 bits per heavy atom. The predicted molar refractivity (Wildman–Crippen MR) is 74.8 cm³/mol. The lowest BCUT2D eigenvalue weighted by atomic mass is 10.1. The van der Waals surface area contributed by atoms with Gasteiger partial charge in [-0.25, -0.2) is 0 Å². The van der Waals surface area contributed by atoms with Gasteiger partial charge in [0.1, 0.15) is 17.2 Å². The normalized spacial score (nSPS) is 11.9. The van der Waals surface area contributed by atoms with Crippen molar-refractivity contribution in [3.8, 4) is 17.2 Å². The lowest BCUT2D eigenvalue weighted by Gasteiger charge is -2.14. The van der Waals surface area contributed by atoms with Crippen molar-refractivity contribution in [3.05, 3.63) is 54.1 Å². The SMILES string of the molecule is CC[C@H](O)c1ccccc1Oc1ccc(OC)cc1. The van der Waals surface area contributed by atoms with Crippen molar-refractivity contribution in [2.75, 3.05) is 7.11 Å². The fourth-order valence-electron chi connectivity index (χ4n) is 1.84. The molecule has 0 fully saturated rings. The maximum atomic E-state index is 9.97. The van der Waals surface area contributed by atoms with E-state index in [-0.39, 0.29) is 0 Å². The molecule has 1 atom stereocenters. The Labute approximate surface area is 113 Å². The Morgan fingerprint density at radius 2 is 1.63 bits per heavy atom. The molecule has 100 valence electrons. The summed E-state index contributed by atoms with van der Waals surface area (Å²) in [4.78, 5) is 0. The highest BCUT2D eigenvalue weighted by molar-refractivity contribution is 5.40. The summed E-state index contributed by atoms with van der Waals surface area (Å²) >= 11 is 0. The molecule has 0 spiro atoms. The Morgan fingerprint density at radius 1 is 1.00 bits per heavy atom. The molecule has 0 heterocycles. The Bertz CT molecular complexity index is 520. The molecule has 0 aromatic heterocycles. The first-order chi connectivity index (χ1) is 9.24. The zero-order valence-electron chi connectivity index (χ0n) is 11.2. The highest BCUT2D eigenvalue weighted by Crippen LogP contribution is 2.31. The van der Waals surface area contributed by atoms with Gasteiger partial charge in [-0.2, -0.15) is 0 Å². The smallest absolute Gasteiger partial charge is 0.133 e. The zero-order valence-corrected chi connectivity index (χ0v) is 11.2. The quantitative estimate of drug-likeness (QED) is 0.883. The van der Waals surface area contributed by atoms with Crippen LogP contribution in [0.15, 0.2) is 48.5 Å². The molecule has 0 aliphatic heterocycles. The first kappa shape index (κ1) is 13.4. The van der Waals surface area contributed by atoms with Crippen molar-refractivity contribution < 1.29 is 14.6 Å². The molecule has 0 aliphatic carbocycles. The van der Waals surface area contributed by atoms with Crippen LogP contribution in [0.1, 0.15) is 25.0 Å². The Balaban J connectivity index is 2.22. The number of hydrogen-bond donors (Lipinski definition) is 1. The molecular formula is C16H18O3. The summed E-state index contributed by atoms with van der Waals surface area (Å²) in [6, 6.07) is 14.9. The summed E-state index contributed by atoms with van der Waals surface area (Å²) in [5.74, 6) is 2.19. The molecular weight excluding hydrogens is 240 g/mol. The van der Waals surface area contributed by atoms with Gasteiger partial charge in [-0.1, -0.05) is 25.1 Å². The van der Waals surface area contributed by atoms with Gasteiger partial charge >= 0.3 is 0 Å². The van der Waals surface area contributed by atoms with Crippen LogP contribution in [-0.2, 0) is 0 Å². The van der Waals surface area contributed by atoms with Crippen molar-refractivity contribution in [1.29, 1.82) is 0 Å². The van der Waals surface area contributed by atoms with E-state index in [9.17, 15) is 5.11 Å². The molecule has 3 heteroatoms. The second kappa shape index (κ2) is 6.25.